The molecule has 7 heteroatoms. The van der Waals surface area contributed by atoms with Crippen LogP contribution in [0.5, 0.6) is 0 Å². The van der Waals surface area contributed by atoms with Gasteiger partial charge in [-0.1, -0.05) is 6.07 Å². The Hall–Kier alpha value is -1.15. The van der Waals surface area contributed by atoms with E-state index >= 15 is 0 Å². The minimum absolute atomic E-state index is 0.0949. The molecule has 1 aromatic carbocycles. The lowest BCUT2D eigenvalue weighted by atomic mass is 10.2. The van der Waals surface area contributed by atoms with Crippen molar-refractivity contribution in [3.05, 3.63) is 23.8 Å². The van der Waals surface area contributed by atoms with E-state index in [9.17, 15) is 8.42 Å². The Morgan fingerprint density at radius 3 is 2.67 bits per heavy atom. The number of benzene rings is 1. The van der Waals surface area contributed by atoms with Crippen molar-refractivity contribution in [2.75, 3.05) is 45.1 Å². The summed E-state index contributed by atoms with van der Waals surface area (Å²) >= 11 is 0. The number of nitrogens with two attached hydrogens (primary N) is 1. The number of sulfonamides is 1. The number of aliphatic hydroxyl groups excluding tert-OH is 1. The molecule has 0 aliphatic carbocycles. The fourth-order valence-electron chi connectivity index (χ4n) is 2.59. The highest BCUT2D eigenvalue weighted by Crippen LogP contribution is 2.24. The van der Waals surface area contributed by atoms with Crippen molar-refractivity contribution >= 4 is 15.7 Å². The Balaban J connectivity index is 2.19. The number of hydrogen-bond donors (Lipinski definition) is 2. The molecule has 0 aromatic heterocycles. The van der Waals surface area contributed by atoms with Crippen LogP contribution in [0.3, 0.4) is 0 Å². The van der Waals surface area contributed by atoms with E-state index in [0.717, 1.165) is 18.5 Å². The van der Waals surface area contributed by atoms with Gasteiger partial charge in [0.1, 0.15) is 4.90 Å². The number of rotatable bonds is 4. The lowest BCUT2D eigenvalue weighted by Gasteiger charge is -2.22. The van der Waals surface area contributed by atoms with Crippen LogP contribution in [0.4, 0.5) is 5.69 Å². The molecule has 1 aliphatic heterocycles. The molecule has 6 nitrogen and oxygen atoms in total. The normalized spacial score (nSPS) is 18.6. The Morgan fingerprint density at radius 2 is 2.00 bits per heavy atom. The van der Waals surface area contributed by atoms with Gasteiger partial charge in [-0.2, -0.15) is 4.31 Å². The molecule has 0 unspecified atom stereocenters. The predicted molar refractivity (Wildman–Crippen MR) is 82.5 cm³/mol. The SMILES string of the molecule is Cc1ccc(S(=O)(=O)N2CCCN(CCO)CC2)c(N)c1. The van der Waals surface area contributed by atoms with Crippen molar-refractivity contribution < 1.29 is 13.5 Å². The standard InChI is InChI=1S/C14H23N3O3S/c1-12-3-4-14(13(15)11-12)21(19,20)17-6-2-5-16(7-8-17)9-10-18/h3-4,11,18H,2,5-10,15H2,1H3. The molecule has 1 aromatic rings. The molecule has 0 amide bonds. The molecule has 1 aliphatic rings. The first-order chi connectivity index (χ1) is 9.95. The van der Waals surface area contributed by atoms with Crippen molar-refractivity contribution in [1.29, 1.82) is 0 Å². The van der Waals surface area contributed by atoms with Crippen LogP contribution >= 0.6 is 0 Å². The van der Waals surface area contributed by atoms with E-state index < -0.39 is 10.0 Å². The van der Waals surface area contributed by atoms with E-state index in [1.807, 2.05) is 6.92 Å². The number of aliphatic hydroxyl groups is 1. The van der Waals surface area contributed by atoms with Crippen LogP contribution in [-0.2, 0) is 10.0 Å². The van der Waals surface area contributed by atoms with Gasteiger partial charge in [-0.15, -0.1) is 0 Å². The molecule has 3 N–H and O–H groups in total. The molecule has 0 saturated carbocycles. The molecule has 0 atom stereocenters. The summed E-state index contributed by atoms with van der Waals surface area (Å²) in [6, 6.07) is 5.03. The molecule has 2 rings (SSSR count). The van der Waals surface area contributed by atoms with E-state index in [1.165, 1.54) is 4.31 Å². The van der Waals surface area contributed by atoms with Gasteiger partial charge in [-0.25, -0.2) is 8.42 Å². The summed E-state index contributed by atoms with van der Waals surface area (Å²) in [5.41, 5.74) is 7.12. The Bertz CT molecular complexity index is 589. The van der Waals surface area contributed by atoms with Gasteiger partial charge in [0.15, 0.2) is 0 Å². The van der Waals surface area contributed by atoms with Crippen molar-refractivity contribution in [2.24, 2.45) is 0 Å². The summed E-state index contributed by atoms with van der Waals surface area (Å²) in [7, 11) is -3.55. The summed E-state index contributed by atoms with van der Waals surface area (Å²) < 4.78 is 26.9. The number of nitrogens with zero attached hydrogens (tertiary/aromatic N) is 2. The van der Waals surface area contributed by atoms with Crippen LogP contribution in [0.25, 0.3) is 0 Å². The first-order valence-corrected chi connectivity index (χ1v) is 8.58. The van der Waals surface area contributed by atoms with Crippen molar-refractivity contribution in [3.8, 4) is 0 Å². The number of nitrogen functional groups attached to an aromatic ring is 1. The van der Waals surface area contributed by atoms with Gasteiger partial charge in [0, 0.05) is 26.2 Å². The summed E-state index contributed by atoms with van der Waals surface area (Å²) in [5.74, 6) is 0. The molecule has 118 valence electrons. The first-order valence-electron chi connectivity index (χ1n) is 7.14. The first kappa shape index (κ1) is 16.2. The zero-order valence-electron chi connectivity index (χ0n) is 12.3. The fraction of sp³-hybridized carbons (Fsp3) is 0.571. The average molecular weight is 313 g/mol. The van der Waals surface area contributed by atoms with Gasteiger partial charge < -0.3 is 10.8 Å². The Kier molecular flexibility index (Phi) is 5.21. The number of hydrogen-bond acceptors (Lipinski definition) is 5. The summed E-state index contributed by atoms with van der Waals surface area (Å²) in [6.45, 7) is 4.90. The van der Waals surface area contributed by atoms with E-state index in [4.69, 9.17) is 10.8 Å². The lowest BCUT2D eigenvalue weighted by molar-refractivity contribution is 0.202. The van der Waals surface area contributed by atoms with Gasteiger partial charge in [-0.05, 0) is 37.6 Å². The van der Waals surface area contributed by atoms with E-state index in [-0.39, 0.29) is 11.5 Å². The van der Waals surface area contributed by atoms with Crippen LogP contribution in [0.15, 0.2) is 23.1 Å². The molecular weight excluding hydrogens is 290 g/mol. The zero-order valence-corrected chi connectivity index (χ0v) is 13.1. The van der Waals surface area contributed by atoms with Gasteiger partial charge in [0.05, 0.1) is 12.3 Å². The molecule has 0 bridgehead atoms. The molecule has 1 fully saturated rings. The van der Waals surface area contributed by atoms with Crippen molar-refractivity contribution in [3.63, 3.8) is 0 Å². The molecule has 1 saturated heterocycles. The topological polar surface area (TPSA) is 86.9 Å². The highest BCUT2D eigenvalue weighted by Gasteiger charge is 2.28. The average Bonchev–Trinajstić information content (AvgIpc) is 2.65. The van der Waals surface area contributed by atoms with Crippen LogP contribution in [-0.4, -0.2) is 62.1 Å². The predicted octanol–water partition coefficient (Wildman–Crippen LogP) is 0.266. The molecule has 1 heterocycles. The third-order valence-electron chi connectivity index (χ3n) is 3.75. The molecule has 0 radical (unpaired) electrons. The summed E-state index contributed by atoms with van der Waals surface area (Å²) in [5, 5.41) is 8.99. The molecule has 21 heavy (non-hydrogen) atoms. The summed E-state index contributed by atoms with van der Waals surface area (Å²) in [4.78, 5) is 2.26. The minimum atomic E-state index is -3.55. The Labute approximate surface area is 126 Å². The van der Waals surface area contributed by atoms with Crippen LogP contribution in [0.1, 0.15) is 12.0 Å². The second kappa shape index (κ2) is 6.74. The summed E-state index contributed by atoms with van der Waals surface area (Å²) in [6.07, 6.45) is 0.755. The quantitative estimate of drug-likeness (QED) is 0.779. The second-order valence-corrected chi connectivity index (χ2v) is 7.27. The van der Waals surface area contributed by atoms with Gasteiger partial charge >= 0.3 is 0 Å². The smallest absolute Gasteiger partial charge is 0.245 e. The zero-order chi connectivity index (χ0) is 15.5. The van der Waals surface area contributed by atoms with Gasteiger partial charge in [-0.3, -0.25) is 4.90 Å². The maximum Gasteiger partial charge on any atom is 0.245 e. The second-order valence-electron chi connectivity index (χ2n) is 5.36. The minimum Gasteiger partial charge on any atom is -0.398 e. The van der Waals surface area contributed by atoms with Crippen LogP contribution in [0.2, 0.25) is 0 Å². The molecular formula is C14H23N3O3S. The maximum absolute atomic E-state index is 12.7. The van der Waals surface area contributed by atoms with Gasteiger partial charge in [0.25, 0.3) is 0 Å². The monoisotopic (exact) mass is 313 g/mol. The van der Waals surface area contributed by atoms with E-state index in [0.29, 0.717) is 31.9 Å². The highest BCUT2D eigenvalue weighted by molar-refractivity contribution is 7.89. The highest BCUT2D eigenvalue weighted by atomic mass is 32.2. The Morgan fingerprint density at radius 1 is 1.24 bits per heavy atom. The van der Waals surface area contributed by atoms with E-state index in [1.54, 1.807) is 18.2 Å². The number of β-amino-alcohol motifs (C(OH)–C–C–N with tert-alkyl or cyclic N) is 1. The maximum atomic E-state index is 12.7. The number of aryl methyl sites for hydroxylation is 1. The molecule has 0 spiro atoms. The number of anilines is 1. The van der Waals surface area contributed by atoms with Gasteiger partial charge in [0.2, 0.25) is 10.0 Å². The van der Waals surface area contributed by atoms with Crippen molar-refractivity contribution in [2.45, 2.75) is 18.2 Å². The van der Waals surface area contributed by atoms with Crippen LogP contribution < -0.4 is 5.73 Å². The largest absolute Gasteiger partial charge is 0.398 e. The van der Waals surface area contributed by atoms with E-state index in [2.05, 4.69) is 4.90 Å². The fourth-order valence-corrected chi connectivity index (χ4v) is 4.16. The van der Waals surface area contributed by atoms with Crippen LogP contribution in [0, 0.1) is 6.92 Å². The van der Waals surface area contributed by atoms with Crippen molar-refractivity contribution in [1.82, 2.24) is 9.21 Å². The lowest BCUT2D eigenvalue weighted by Crippen LogP contribution is -2.36. The third kappa shape index (κ3) is 3.74. The third-order valence-corrected chi connectivity index (χ3v) is 5.72.